The lowest BCUT2D eigenvalue weighted by atomic mass is 9.71. The van der Waals surface area contributed by atoms with Gasteiger partial charge in [-0.2, -0.15) is 0 Å². The molecule has 32 heavy (non-hydrogen) atoms. The second-order valence-corrected chi connectivity index (χ2v) is 10.4. The van der Waals surface area contributed by atoms with Crippen molar-refractivity contribution in [2.45, 2.75) is 26.7 Å². The van der Waals surface area contributed by atoms with Crippen molar-refractivity contribution < 1.29 is 13.6 Å². The van der Waals surface area contributed by atoms with Crippen LogP contribution >= 0.6 is 34.5 Å². The van der Waals surface area contributed by atoms with Gasteiger partial charge < -0.3 is 20.3 Å². The molecule has 0 aromatic carbocycles. The lowest BCUT2D eigenvalue weighted by Gasteiger charge is -2.33. The lowest BCUT2D eigenvalue weighted by molar-refractivity contribution is 0.100. The molecule has 0 saturated carbocycles. The Morgan fingerprint density at radius 3 is 2.50 bits per heavy atom. The van der Waals surface area contributed by atoms with Gasteiger partial charge in [0, 0.05) is 10.9 Å². The Hall–Kier alpha value is -2.74. The van der Waals surface area contributed by atoms with E-state index in [2.05, 4.69) is 13.8 Å². The molecule has 1 aliphatic carbocycles. The number of carbonyl (C=O) groups excluding carboxylic acids is 1. The van der Waals surface area contributed by atoms with Crippen molar-refractivity contribution in [3.05, 3.63) is 56.6 Å². The topological polar surface area (TPSA) is 108 Å². The summed E-state index contributed by atoms with van der Waals surface area (Å²) in [5, 5.41) is 1.24. The van der Waals surface area contributed by atoms with E-state index in [1.165, 1.54) is 11.3 Å². The van der Waals surface area contributed by atoms with Gasteiger partial charge in [-0.15, -0.1) is 11.3 Å². The lowest BCUT2D eigenvalue weighted by Crippen LogP contribution is -2.23. The summed E-state index contributed by atoms with van der Waals surface area (Å²) in [4.78, 5) is 17.8. The molecule has 4 N–H and O–H groups in total. The first-order valence-electron chi connectivity index (χ1n) is 9.89. The van der Waals surface area contributed by atoms with Gasteiger partial charge in [-0.1, -0.05) is 13.8 Å². The van der Waals surface area contributed by atoms with Crippen molar-refractivity contribution in [1.82, 2.24) is 4.98 Å². The molecule has 0 unspecified atom stereocenters. The van der Waals surface area contributed by atoms with E-state index in [9.17, 15) is 4.79 Å². The maximum atomic E-state index is 12.0. The van der Waals surface area contributed by atoms with Crippen LogP contribution in [-0.4, -0.2) is 10.9 Å². The number of nitrogens with zero attached hydrogens (tertiary/aromatic N) is 1. The normalized spacial score (nSPS) is 16.6. The monoisotopic (exact) mass is 487 g/mol. The first-order chi connectivity index (χ1) is 15.1. The molecule has 9 heteroatoms. The molecule has 1 aliphatic rings. The fraction of sp³-hybridized carbons (Fsp3) is 0.217. The number of halogens is 2. The second kappa shape index (κ2) is 7.40. The summed E-state index contributed by atoms with van der Waals surface area (Å²) in [5.74, 6) is 0.618. The predicted molar refractivity (Wildman–Crippen MR) is 129 cm³/mol. The molecule has 4 aromatic rings. The number of hydrogen-bond donors (Lipinski definition) is 2. The largest absolute Gasteiger partial charge is 0.445 e. The number of nitrogen functional groups attached to an aromatic ring is 1. The number of aromatic nitrogens is 1. The Morgan fingerprint density at radius 1 is 1.16 bits per heavy atom. The minimum atomic E-state index is -0.590. The van der Waals surface area contributed by atoms with Gasteiger partial charge in [-0.05, 0) is 82.9 Å². The summed E-state index contributed by atoms with van der Waals surface area (Å²) >= 11 is 13.3. The molecular weight excluding hydrogens is 469 g/mol. The van der Waals surface area contributed by atoms with Gasteiger partial charge in [-0.25, -0.2) is 4.98 Å². The third kappa shape index (κ3) is 3.50. The fourth-order valence-electron chi connectivity index (χ4n) is 4.37. The minimum Gasteiger partial charge on any atom is -0.445 e. The molecule has 0 saturated heterocycles. The van der Waals surface area contributed by atoms with Crippen molar-refractivity contribution in [3.8, 4) is 11.3 Å². The minimum absolute atomic E-state index is 0.0764. The van der Waals surface area contributed by atoms with Crippen LogP contribution in [-0.2, 0) is 6.42 Å². The Labute approximate surface area is 197 Å². The number of allylic oxidation sites excluding steroid dienone is 1. The van der Waals surface area contributed by atoms with Gasteiger partial charge in [0.15, 0.2) is 10.4 Å². The molecule has 5 rings (SSSR count). The van der Waals surface area contributed by atoms with Crippen LogP contribution in [0.2, 0.25) is 10.4 Å². The number of furan rings is 2. The summed E-state index contributed by atoms with van der Waals surface area (Å²) in [6.07, 6.45) is 3.46. The van der Waals surface area contributed by atoms with Crippen molar-refractivity contribution in [1.29, 1.82) is 0 Å². The predicted octanol–water partition coefficient (Wildman–Crippen LogP) is 6.65. The number of hydrogen-bond acceptors (Lipinski definition) is 6. The highest BCUT2D eigenvalue weighted by atomic mass is 35.5. The number of nitrogens with two attached hydrogens (primary N) is 2. The van der Waals surface area contributed by atoms with E-state index in [4.69, 9.17) is 48.5 Å². The highest BCUT2D eigenvalue weighted by molar-refractivity contribution is 7.21. The number of rotatable bonds is 3. The van der Waals surface area contributed by atoms with E-state index in [0.29, 0.717) is 32.6 Å². The smallest absolute Gasteiger partial charge is 0.260 e. The average Bonchev–Trinajstić information content (AvgIpc) is 3.39. The molecule has 6 nitrogen and oxygen atoms in total. The summed E-state index contributed by atoms with van der Waals surface area (Å²) < 4.78 is 11.4. The standard InChI is InChI=1S/C23H19Cl2N3O3S/c1-23(2)8-10(7-11-3-5-14(24)30-11)19-12(9-23)16(13-4-6-15(25)31-13)17-18(26)20(21(27)29)32-22(17)28-19/h3-7H,8-9,26H2,1-2H3,(H2,27,29). The van der Waals surface area contributed by atoms with Crippen LogP contribution in [0.1, 0.15) is 47.0 Å². The summed E-state index contributed by atoms with van der Waals surface area (Å²) in [7, 11) is 0. The van der Waals surface area contributed by atoms with E-state index in [1.807, 2.05) is 12.1 Å². The molecule has 0 spiro atoms. The molecule has 1 amide bonds. The molecule has 4 heterocycles. The maximum absolute atomic E-state index is 12.0. The van der Waals surface area contributed by atoms with Crippen LogP contribution in [0, 0.1) is 5.41 Å². The zero-order valence-electron chi connectivity index (χ0n) is 17.3. The van der Waals surface area contributed by atoms with Gasteiger partial charge in [-0.3, -0.25) is 4.79 Å². The van der Waals surface area contributed by atoms with E-state index in [1.54, 1.807) is 18.2 Å². The Bertz CT molecular complexity index is 1430. The van der Waals surface area contributed by atoms with Gasteiger partial charge >= 0.3 is 0 Å². The van der Waals surface area contributed by atoms with Crippen LogP contribution in [0.4, 0.5) is 5.69 Å². The van der Waals surface area contributed by atoms with Crippen LogP contribution in [0.25, 0.3) is 33.2 Å². The second-order valence-electron chi connectivity index (χ2n) is 8.64. The van der Waals surface area contributed by atoms with Crippen molar-refractivity contribution in [2.24, 2.45) is 11.1 Å². The van der Waals surface area contributed by atoms with Crippen LogP contribution in [0.5, 0.6) is 0 Å². The average molecular weight is 488 g/mol. The quantitative estimate of drug-likeness (QED) is 0.336. The first kappa shape index (κ1) is 21.1. The van der Waals surface area contributed by atoms with E-state index < -0.39 is 5.91 Å². The highest BCUT2D eigenvalue weighted by Crippen LogP contribution is 2.50. The van der Waals surface area contributed by atoms with Gasteiger partial charge in [0.1, 0.15) is 21.2 Å². The molecule has 0 bridgehead atoms. The Morgan fingerprint density at radius 2 is 1.88 bits per heavy atom. The first-order valence-corrected chi connectivity index (χ1v) is 11.5. The highest BCUT2D eigenvalue weighted by Gasteiger charge is 2.35. The van der Waals surface area contributed by atoms with Crippen molar-refractivity contribution in [2.75, 3.05) is 5.73 Å². The molecule has 164 valence electrons. The van der Waals surface area contributed by atoms with E-state index >= 15 is 0 Å². The molecule has 0 atom stereocenters. The molecule has 0 aliphatic heterocycles. The van der Waals surface area contributed by atoms with Crippen molar-refractivity contribution >= 4 is 68.0 Å². The number of carbonyl (C=O) groups is 1. The Balaban J connectivity index is 1.88. The van der Waals surface area contributed by atoms with Crippen LogP contribution in [0.15, 0.2) is 33.1 Å². The molecule has 0 fully saturated rings. The molecule has 0 radical (unpaired) electrons. The van der Waals surface area contributed by atoms with Gasteiger partial charge in [0.05, 0.1) is 11.4 Å². The van der Waals surface area contributed by atoms with Crippen LogP contribution < -0.4 is 11.5 Å². The number of amides is 1. The van der Waals surface area contributed by atoms with Gasteiger partial charge in [0.2, 0.25) is 0 Å². The number of thiophene rings is 1. The Kier molecular flexibility index (Phi) is 4.89. The summed E-state index contributed by atoms with van der Waals surface area (Å²) in [5.41, 5.74) is 15.8. The number of anilines is 1. The van der Waals surface area contributed by atoms with Crippen molar-refractivity contribution in [3.63, 3.8) is 0 Å². The number of fused-ring (bicyclic) bond motifs is 2. The zero-order valence-corrected chi connectivity index (χ0v) is 19.6. The SMILES string of the molecule is CC1(C)CC(=Cc2ccc(Cl)o2)c2nc3sc(C(N)=O)c(N)c3c(-c3ccc(Cl)o3)c2C1. The van der Waals surface area contributed by atoms with E-state index in [-0.39, 0.29) is 15.5 Å². The maximum Gasteiger partial charge on any atom is 0.260 e. The van der Waals surface area contributed by atoms with E-state index in [0.717, 1.165) is 35.2 Å². The molecular formula is C23H19Cl2N3O3S. The summed E-state index contributed by atoms with van der Waals surface area (Å²) in [6, 6.07) is 7.00. The number of pyridine rings is 1. The van der Waals surface area contributed by atoms with Crippen LogP contribution in [0.3, 0.4) is 0 Å². The van der Waals surface area contributed by atoms with Gasteiger partial charge in [0.25, 0.3) is 5.91 Å². The third-order valence-corrected chi connectivity index (χ3v) is 7.08. The zero-order chi connectivity index (χ0) is 22.8. The third-order valence-electron chi connectivity index (χ3n) is 5.56. The summed E-state index contributed by atoms with van der Waals surface area (Å²) in [6.45, 7) is 4.38. The fourth-order valence-corrected chi connectivity index (χ4v) is 5.62. The number of primary amides is 1. The molecule has 4 aromatic heterocycles.